The maximum atomic E-state index is 12.8. The number of anilines is 1. The first-order chi connectivity index (χ1) is 14.8. The third-order valence-electron chi connectivity index (χ3n) is 5.77. The van der Waals surface area contributed by atoms with Gasteiger partial charge in [0.15, 0.2) is 0 Å². The predicted octanol–water partition coefficient (Wildman–Crippen LogP) is 4.91. The Labute approximate surface area is 190 Å². The first-order valence-electron chi connectivity index (χ1n) is 10.3. The van der Waals surface area contributed by atoms with E-state index in [2.05, 4.69) is 16.7 Å². The lowest BCUT2D eigenvalue weighted by Gasteiger charge is -2.20. The number of hydrogen-bond donors (Lipinski definition) is 2. The van der Waals surface area contributed by atoms with Crippen LogP contribution in [-0.2, 0) is 9.59 Å². The van der Waals surface area contributed by atoms with Crippen molar-refractivity contribution in [3.8, 4) is 0 Å². The number of halogens is 1. The Bertz CT molecular complexity index is 1070. The van der Waals surface area contributed by atoms with Crippen LogP contribution in [0.15, 0.2) is 46.2 Å². The van der Waals surface area contributed by atoms with Crippen molar-refractivity contribution in [3.05, 3.63) is 52.5 Å². The number of carbonyl (C=O) groups is 3. The summed E-state index contributed by atoms with van der Waals surface area (Å²) >= 11 is 7.69. The second-order valence-corrected chi connectivity index (χ2v) is 9.69. The van der Waals surface area contributed by atoms with Crippen LogP contribution < -0.4 is 10.6 Å². The van der Waals surface area contributed by atoms with E-state index < -0.39 is 17.5 Å². The van der Waals surface area contributed by atoms with Gasteiger partial charge in [-0.05, 0) is 56.5 Å². The average molecular weight is 458 g/mol. The quantitative estimate of drug-likeness (QED) is 0.625. The van der Waals surface area contributed by atoms with E-state index in [0.717, 1.165) is 33.1 Å². The minimum Gasteiger partial charge on any atom is -0.323 e. The molecule has 0 bridgehead atoms. The summed E-state index contributed by atoms with van der Waals surface area (Å²) in [5, 5.41) is 6.11. The lowest BCUT2D eigenvalue weighted by Crippen LogP contribution is -2.44. The van der Waals surface area contributed by atoms with Crippen molar-refractivity contribution in [1.29, 1.82) is 0 Å². The summed E-state index contributed by atoms with van der Waals surface area (Å²) in [6.07, 6.45) is 3.04. The zero-order valence-corrected chi connectivity index (χ0v) is 19.0. The number of carbonyl (C=O) groups excluding carboxylic acids is 3. The van der Waals surface area contributed by atoms with Gasteiger partial charge in [0.1, 0.15) is 12.1 Å². The van der Waals surface area contributed by atoms with Crippen LogP contribution in [0.1, 0.15) is 36.8 Å². The van der Waals surface area contributed by atoms with Gasteiger partial charge in [0.2, 0.25) is 5.91 Å². The van der Waals surface area contributed by atoms with Crippen LogP contribution in [-0.4, -0.2) is 34.8 Å². The van der Waals surface area contributed by atoms with Crippen LogP contribution in [0.25, 0.3) is 0 Å². The van der Waals surface area contributed by atoms with Gasteiger partial charge in [-0.15, -0.1) is 0 Å². The van der Waals surface area contributed by atoms with Gasteiger partial charge in [0, 0.05) is 14.8 Å². The number of hydrogen-bond acceptors (Lipinski definition) is 4. The summed E-state index contributed by atoms with van der Waals surface area (Å²) in [6, 6.07) is 11.0. The topological polar surface area (TPSA) is 78.5 Å². The van der Waals surface area contributed by atoms with Crippen molar-refractivity contribution in [3.63, 3.8) is 0 Å². The summed E-state index contributed by atoms with van der Waals surface area (Å²) in [4.78, 5) is 40.8. The summed E-state index contributed by atoms with van der Waals surface area (Å²) in [7, 11) is 0. The Morgan fingerprint density at radius 3 is 2.55 bits per heavy atom. The average Bonchev–Trinajstić information content (AvgIpc) is 3.26. The predicted molar refractivity (Wildman–Crippen MR) is 122 cm³/mol. The van der Waals surface area contributed by atoms with E-state index in [4.69, 9.17) is 11.6 Å². The Hall–Kier alpha value is -2.51. The number of amides is 4. The fourth-order valence-corrected chi connectivity index (χ4v) is 5.31. The highest BCUT2D eigenvalue weighted by molar-refractivity contribution is 7.99. The fourth-order valence-electron chi connectivity index (χ4n) is 4.19. The van der Waals surface area contributed by atoms with Gasteiger partial charge in [-0.25, -0.2) is 4.79 Å². The van der Waals surface area contributed by atoms with Gasteiger partial charge in [0.25, 0.3) is 5.91 Å². The highest BCUT2D eigenvalue weighted by atomic mass is 35.5. The molecule has 2 aromatic carbocycles. The third-order valence-corrected chi connectivity index (χ3v) is 7.26. The molecule has 8 heteroatoms. The molecule has 2 aromatic rings. The van der Waals surface area contributed by atoms with Crippen molar-refractivity contribution in [2.45, 2.75) is 54.9 Å². The molecule has 4 rings (SSSR count). The molecule has 4 amide bonds. The van der Waals surface area contributed by atoms with Gasteiger partial charge < -0.3 is 10.6 Å². The summed E-state index contributed by atoms with van der Waals surface area (Å²) < 4.78 is 0. The first kappa shape index (κ1) is 21.7. The minimum absolute atomic E-state index is 0.305. The molecule has 31 heavy (non-hydrogen) atoms. The molecular formula is C23H24ClN3O3S. The molecule has 2 N–H and O–H groups in total. The Kier molecular flexibility index (Phi) is 5.99. The van der Waals surface area contributed by atoms with Crippen LogP contribution in [0.2, 0.25) is 5.02 Å². The monoisotopic (exact) mass is 457 g/mol. The van der Waals surface area contributed by atoms with Gasteiger partial charge in [0.05, 0.1) is 5.69 Å². The van der Waals surface area contributed by atoms with E-state index in [1.54, 1.807) is 12.1 Å². The lowest BCUT2D eigenvalue weighted by atomic mass is 9.98. The molecule has 2 aliphatic rings. The standard InChI is InChI=1S/C23H24ClN3O3S/c1-14-5-7-18(15(2)11-14)31-19-8-6-16(24)12-17(19)25-20(28)13-27-21(29)23(26-22(27)30)9-3-4-10-23/h5-8,11-12H,3-4,9-10,13H2,1-2H3,(H,25,28)(H,26,30). The molecule has 1 heterocycles. The number of rotatable bonds is 5. The molecule has 0 radical (unpaired) electrons. The molecule has 0 unspecified atom stereocenters. The van der Waals surface area contributed by atoms with Crippen molar-refractivity contribution < 1.29 is 14.4 Å². The van der Waals surface area contributed by atoms with Crippen molar-refractivity contribution in [1.82, 2.24) is 10.2 Å². The smallest absolute Gasteiger partial charge is 0.323 e. The van der Waals surface area contributed by atoms with E-state index in [0.29, 0.717) is 23.6 Å². The molecular weight excluding hydrogens is 434 g/mol. The Balaban J connectivity index is 1.50. The first-order valence-corrected chi connectivity index (χ1v) is 11.5. The maximum absolute atomic E-state index is 12.8. The van der Waals surface area contributed by atoms with Crippen molar-refractivity contribution in [2.75, 3.05) is 11.9 Å². The van der Waals surface area contributed by atoms with Gasteiger partial charge >= 0.3 is 6.03 Å². The highest BCUT2D eigenvalue weighted by Crippen LogP contribution is 2.37. The van der Waals surface area contributed by atoms with E-state index in [-0.39, 0.29) is 12.5 Å². The van der Waals surface area contributed by atoms with Gasteiger partial charge in [-0.3, -0.25) is 14.5 Å². The minimum atomic E-state index is -0.822. The molecule has 1 saturated heterocycles. The maximum Gasteiger partial charge on any atom is 0.325 e. The van der Waals surface area contributed by atoms with E-state index in [9.17, 15) is 14.4 Å². The van der Waals surface area contributed by atoms with Crippen LogP contribution in [0.3, 0.4) is 0 Å². The van der Waals surface area contributed by atoms with E-state index >= 15 is 0 Å². The molecule has 2 fully saturated rings. The van der Waals surface area contributed by atoms with E-state index in [1.165, 1.54) is 17.3 Å². The Morgan fingerprint density at radius 1 is 1.13 bits per heavy atom. The molecule has 0 atom stereocenters. The number of nitrogens with zero attached hydrogens (tertiary/aromatic N) is 1. The normalized spacial score (nSPS) is 17.3. The van der Waals surface area contributed by atoms with Crippen molar-refractivity contribution >= 4 is 46.9 Å². The number of urea groups is 1. The van der Waals surface area contributed by atoms with E-state index in [1.807, 2.05) is 32.0 Å². The molecule has 1 spiro atoms. The zero-order chi connectivity index (χ0) is 22.2. The van der Waals surface area contributed by atoms with Gasteiger partial charge in [-0.2, -0.15) is 0 Å². The second-order valence-electron chi connectivity index (χ2n) is 8.17. The fraction of sp³-hybridized carbons (Fsp3) is 0.348. The third kappa shape index (κ3) is 4.43. The van der Waals surface area contributed by atoms with Crippen molar-refractivity contribution in [2.24, 2.45) is 0 Å². The zero-order valence-electron chi connectivity index (χ0n) is 17.5. The number of aryl methyl sites for hydroxylation is 2. The molecule has 1 saturated carbocycles. The largest absolute Gasteiger partial charge is 0.325 e. The summed E-state index contributed by atoms with van der Waals surface area (Å²) in [6.45, 7) is 3.76. The van der Waals surface area contributed by atoms with Crippen LogP contribution in [0.5, 0.6) is 0 Å². The van der Waals surface area contributed by atoms with Crippen LogP contribution in [0, 0.1) is 13.8 Å². The summed E-state index contributed by atoms with van der Waals surface area (Å²) in [5.74, 6) is -0.746. The van der Waals surface area contributed by atoms with Crippen LogP contribution in [0.4, 0.5) is 10.5 Å². The number of benzene rings is 2. The second kappa shape index (κ2) is 8.55. The number of imide groups is 1. The summed E-state index contributed by atoms with van der Waals surface area (Å²) in [5.41, 5.74) is 2.04. The molecule has 0 aromatic heterocycles. The van der Waals surface area contributed by atoms with Crippen LogP contribution >= 0.6 is 23.4 Å². The molecule has 1 aliphatic heterocycles. The number of nitrogens with one attached hydrogen (secondary N) is 2. The van der Waals surface area contributed by atoms with Gasteiger partial charge in [-0.1, -0.05) is 53.9 Å². The molecule has 1 aliphatic carbocycles. The Morgan fingerprint density at radius 2 is 1.84 bits per heavy atom. The molecule has 162 valence electrons. The highest BCUT2D eigenvalue weighted by Gasteiger charge is 2.52. The molecule has 6 nitrogen and oxygen atoms in total. The SMILES string of the molecule is Cc1ccc(Sc2ccc(Cl)cc2NC(=O)CN2C(=O)NC3(CCCC3)C2=O)c(C)c1. The lowest BCUT2D eigenvalue weighted by molar-refractivity contribution is -0.133.